The molecule has 3 N–H and O–H groups in total. The van der Waals surface area contributed by atoms with Crippen molar-refractivity contribution in [2.75, 3.05) is 5.32 Å². The molecule has 3 rings (SSSR count). The van der Waals surface area contributed by atoms with Crippen LogP contribution in [0, 0.1) is 5.82 Å². The molecular weight excluding hydrogens is 323 g/mol. The number of fused-ring (bicyclic) bond motifs is 1. The summed E-state index contributed by atoms with van der Waals surface area (Å²) in [6, 6.07) is 9.59. The fourth-order valence-corrected chi connectivity index (χ4v) is 2.87. The largest absolute Gasteiger partial charge is 0.326 e. The highest BCUT2D eigenvalue weighted by atomic mass is 79.9. The first kappa shape index (κ1) is 13.3. The first-order valence-corrected chi connectivity index (χ1v) is 6.97. The normalized spacial score (nSPS) is 14.8. The summed E-state index contributed by atoms with van der Waals surface area (Å²) < 4.78 is 14.1. The number of hydrogen-bond acceptors (Lipinski definition) is 2. The molecule has 3 nitrogen and oxygen atoms in total. The first-order chi connectivity index (χ1) is 9.54. The number of nitrogens with one attached hydrogen (secondary N) is 1. The van der Waals surface area contributed by atoms with Gasteiger partial charge in [-0.2, -0.15) is 0 Å². The molecule has 1 atom stereocenters. The van der Waals surface area contributed by atoms with Crippen molar-refractivity contribution in [3.05, 3.63) is 63.4 Å². The summed E-state index contributed by atoms with van der Waals surface area (Å²) in [6.07, 6.45) is 0.361. The van der Waals surface area contributed by atoms with E-state index >= 15 is 0 Å². The Labute approximate surface area is 124 Å². The van der Waals surface area contributed by atoms with E-state index in [0.717, 1.165) is 21.3 Å². The van der Waals surface area contributed by atoms with Crippen LogP contribution in [0.1, 0.15) is 22.7 Å². The molecule has 2 aromatic carbocycles. The minimum Gasteiger partial charge on any atom is -0.326 e. The molecular formula is C15H12BrFN2O. The van der Waals surface area contributed by atoms with Gasteiger partial charge in [0.25, 0.3) is 0 Å². The van der Waals surface area contributed by atoms with Gasteiger partial charge in [-0.05, 0) is 41.0 Å². The second-order valence-corrected chi connectivity index (χ2v) is 5.64. The summed E-state index contributed by atoms with van der Waals surface area (Å²) in [5.41, 5.74) is 9.50. The minimum absolute atomic E-state index is 0.0161. The van der Waals surface area contributed by atoms with Gasteiger partial charge in [-0.25, -0.2) is 4.39 Å². The summed E-state index contributed by atoms with van der Waals surface area (Å²) in [7, 11) is 0. The van der Waals surface area contributed by atoms with Gasteiger partial charge in [0.15, 0.2) is 0 Å². The summed E-state index contributed by atoms with van der Waals surface area (Å²) >= 11 is 3.39. The SMILES string of the molecule is NC(c1ccc2c(c1)CC(=O)N2)c1cc(F)ccc1Br. The van der Waals surface area contributed by atoms with Crippen LogP contribution in [0.3, 0.4) is 0 Å². The molecule has 1 aliphatic rings. The lowest BCUT2D eigenvalue weighted by Gasteiger charge is -2.15. The Morgan fingerprint density at radius 2 is 2.05 bits per heavy atom. The highest BCUT2D eigenvalue weighted by molar-refractivity contribution is 9.10. The first-order valence-electron chi connectivity index (χ1n) is 6.18. The number of benzene rings is 2. The Bertz CT molecular complexity index is 702. The smallest absolute Gasteiger partial charge is 0.228 e. The topological polar surface area (TPSA) is 55.1 Å². The number of rotatable bonds is 2. The molecule has 1 amide bonds. The standard InChI is InChI=1S/C15H12BrFN2O/c16-12-3-2-10(17)7-11(12)15(18)8-1-4-13-9(5-8)6-14(20)19-13/h1-5,7,15H,6,18H2,(H,19,20). The predicted molar refractivity (Wildman–Crippen MR) is 78.9 cm³/mol. The van der Waals surface area contributed by atoms with Crippen molar-refractivity contribution in [1.29, 1.82) is 0 Å². The number of carbonyl (C=O) groups excluding carboxylic acids is 1. The molecule has 0 saturated heterocycles. The Morgan fingerprint density at radius 1 is 1.25 bits per heavy atom. The molecule has 1 unspecified atom stereocenters. The van der Waals surface area contributed by atoms with Gasteiger partial charge in [0, 0.05) is 10.2 Å². The Hall–Kier alpha value is -1.72. The Balaban J connectivity index is 1.99. The molecule has 0 spiro atoms. The van der Waals surface area contributed by atoms with Crippen LogP contribution >= 0.6 is 15.9 Å². The van der Waals surface area contributed by atoms with Gasteiger partial charge in [0.1, 0.15) is 5.82 Å². The van der Waals surface area contributed by atoms with Crippen LogP contribution in [-0.2, 0) is 11.2 Å². The third-order valence-corrected chi connectivity index (χ3v) is 4.13. The third-order valence-electron chi connectivity index (χ3n) is 3.41. The Morgan fingerprint density at radius 3 is 2.85 bits per heavy atom. The Kier molecular flexibility index (Phi) is 3.31. The summed E-state index contributed by atoms with van der Waals surface area (Å²) in [6.45, 7) is 0. The maximum Gasteiger partial charge on any atom is 0.228 e. The highest BCUT2D eigenvalue weighted by Crippen LogP contribution is 2.31. The second kappa shape index (κ2) is 5.00. The van der Waals surface area contributed by atoms with E-state index in [1.807, 2.05) is 18.2 Å². The van der Waals surface area contributed by atoms with Crippen molar-refractivity contribution in [3.63, 3.8) is 0 Å². The van der Waals surface area contributed by atoms with Crippen LogP contribution in [0.25, 0.3) is 0 Å². The van der Waals surface area contributed by atoms with Gasteiger partial charge in [0.2, 0.25) is 5.91 Å². The van der Waals surface area contributed by atoms with Gasteiger partial charge in [0.05, 0.1) is 12.5 Å². The average molecular weight is 335 g/mol. The molecule has 0 bridgehead atoms. The van der Waals surface area contributed by atoms with Crippen LogP contribution < -0.4 is 11.1 Å². The number of hydrogen-bond donors (Lipinski definition) is 2. The van der Waals surface area contributed by atoms with Crippen LogP contribution in [0.2, 0.25) is 0 Å². The minimum atomic E-state index is -0.443. The zero-order valence-electron chi connectivity index (χ0n) is 10.5. The van der Waals surface area contributed by atoms with Gasteiger partial charge >= 0.3 is 0 Å². The van der Waals surface area contributed by atoms with Crippen molar-refractivity contribution < 1.29 is 9.18 Å². The summed E-state index contributed by atoms with van der Waals surface area (Å²) in [5.74, 6) is -0.339. The monoisotopic (exact) mass is 334 g/mol. The highest BCUT2D eigenvalue weighted by Gasteiger charge is 2.20. The lowest BCUT2D eigenvalue weighted by Crippen LogP contribution is -2.13. The number of halogens is 2. The second-order valence-electron chi connectivity index (χ2n) is 4.79. The molecule has 0 radical (unpaired) electrons. The molecule has 1 heterocycles. The molecule has 20 heavy (non-hydrogen) atoms. The fourth-order valence-electron chi connectivity index (χ4n) is 2.38. The number of carbonyl (C=O) groups is 1. The van der Waals surface area contributed by atoms with Crippen LogP contribution in [0.5, 0.6) is 0 Å². The zero-order chi connectivity index (χ0) is 14.3. The average Bonchev–Trinajstić information content (AvgIpc) is 2.79. The number of amides is 1. The van der Waals surface area contributed by atoms with Gasteiger partial charge in [-0.1, -0.05) is 28.1 Å². The van der Waals surface area contributed by atoms with Gasteiger partial charge in [-0.3, -0.25) is 4.79 Å². The lowest BCUT2D eigenvalue weighted by molar-refractivity contribution is -0.115. The lowest BCUT2D eigenvalue weighted by atomic mass is 9.97. The molecule has 0 saturated carbocycles. The van der Waals surface area contributed by atoms with E-state index in [1.54, 1.807) is 6.07 Å². The van der Waals surface area contributed by atoms with Crippen LogP contribution in [0.15, 0.2) is 40.9 Å². The fraction of sp³-hybridized carbons (Fsp3) is 0.133. The molecule has 1 aliphatic heterocycles. The quantitative estimate of drug-likeness (QED) is 0.886. The van der Waals surface area contributed by atoms with Crippen LogP contribution in [-0.4, -0.2) is 5.91 Å². The van der Waals surface area contributed by atoms with E-state index in [1.165, 1.54) is 12.1 Å². The van der Waals surface area contributed by atoms with E-state index in [0.29, 0.717) is 12.0 Å². The van der Waals surface area contributed by atoms with E-state index in [2.05, 4.69) is 21.2 Å². The third kappa shape index (κ3) is 2.34. The number of nitrogens with two attached hydrogens (primary N) is 1. The molecule has 0 aromatic heterocycles. The van der Waals surface area contributed by atoms with Crippen molar-refractivity contribution in [2.45, 2.75) is 12.5 Å². The van der Waals surface area contributed by atoms with Crippen molar-refractivity contribution >= 4 is 27.5 Å². The van der Waals surface area contributed by atoms with E-state index in [4.69, 9.17) is 5.73 Å². The number of anilines is 1. The summed E-state index contributed by atoms with van der Waals surface area (Å²) in [4.78, 5) is 11.4. The van der Waals surface area contributed by atoms with E-state index < -0.39 is 6.04 Å². The summed E-state index contributed by atoms with van der Waals surface area (Å²) in [5, 5.41) is 2.77. The zero-order valence-corrected chi connectivity index (χ0v) is 12.1. The molecule has 5 heteroatoms. The van der Waals surface area contributed by atoms with Crippen molar-refractivity contribution in [2.24, 2.45) is 5.73 Å². The van der Waals surface area contributed by atoms with Gasteiger partial charge in [-0.15, -0.1) is 0 Å². The molecule has 0 aliphatic carbocycles. The van der Waals surface area contributed by atoms with Crippen LogP contribution in [0.4, 0.5) is 10.1 Å². The van der Waals surface area contributed by atoms with E-state index in [9.17, 15) is 9.18 Å². The van der Waals surface area contributed by atoms with Gasteiger partial charge < -0.3 is 11.1 Å². The van der Waals surface area contributed by atoms with Crippen molar-refractivity contribution in [3.8, 4) is 0 Å². The molecule has 0 fully saturated rings. The molecule has 2 aromatic rings. The predicted octanol–water partition coefficient (Wildman–Crippen LogP) is 3.13. The van der Waals surface area contributed by atoms with Crippen molar-refractivity contribution in [1.82, 2.24) is 0 Å². The van der Waals surface area contributed by atoms with E-state index in [-0.39, 0.29) is 11.7 Å². The molecule has 102 valence electrons. The maximum absolute atomic E-state index is 13.4. The maximum atomic E-state index is 13.4.